The molecule has 1 heterocycles. The minimum absolute atomic E-state index is 0.0598. The van der Waals surface area contributed by atoms with E-state index in [2.05, 4.69) is 43.4 Å². The fraction of sp³-hybridized carbons (Fsp3) is 0.269. The van der Waals surface area contributed by atoms with Gasteiger partial charge in [-0.2, -0.15) is 5.26 Å². The number of benzene rings is 2. The topological polar surface area (TPSA) is 82.5 Å². The van der Waals surface area contributed by atoms with Gasteiger partial charge in [0.1, 0.15) is 0 Å². The highest BCUT2D eigenvalue weighted by Crippen LogP contribution is 2.46. The molecule has 2 aromatic rings. The summed E-state index contributed by atoms with van der Waals surface area (Å²) in [5, 5.41) is 9.38. The van der Waals surface area contributed by atoms with Crippen LogP contribution < -0.4 is 5.73 Å². The second kappa shape index (κ2) is 7.88. The fourth-order valence-electron chi connectivity index (χ4n) is 4.71. The Bertz CT molecular complexity index is 1140. The smallest absolute Gasteiger partial charge is 0.235 e. The van der Waals surface area contributed by atoms with Crippen LogP contribution in [0.2, 0.25) is 0 Å². The second-order valence-electron chi connectivity index (χ2n) is 8.47. The third kappa shape index (κ3) is 3.55. The summed E-state index contributed by atoms with van der Waals surface area (Å²) in [5.74, 6) is -0.251. The molecule has 5 heteroatoms. The van der Waals surface area contributed by atoms with Gasteiger partial charge in [-0.25, -0.2) is 4.99 Å². The first-order valence-electron chi connectivity index (χ1n) is 10.4. The maximum atomic E-state index is 13.5. The van der Waals surface area contributed by atoms with Crippen molar-refractivity contribution in [2.24, 2.45) is 28.5 Å². The fourth-order valence-corrected chi connectivity index (χ4v) is 4.71. The van der Waals surface area contributed by atoms with Crippen molar-refractivity contribution in [3.63, 3.8) is 0 Å². The van der Waals surface area contributed by atoms with Gasteiger partial charge in [-0.1, -0.05) is 67.6 Å². The van der Waals surface area contributed by atoms with E-state index in [1.54, 1.807) is 13.1 Å². The maximum Gasteiger partial charge on any atom is 0.235 e. The van der Waals surface area contributed by atoms with Crippen molar-refractivity contribution >= 4 is 17.4 Å². The Morgan fingerprint density at radius 2 is 1.90 bits per heavy atom. The van der Waals surface area contributed by atoms with Crippen LogP contribution in [0, 0.1) is 29.1 Å². The minimum atomic E-state index is -0.873. The number of rotatable bonds is 3. The van der Waals surface area contributed by atoms with E-state index in [0.717, 1.165) is 16.7 Å². The molecule has 2 aromatic carbocycles. The average Bonchev–Trinajstić information content (AvgIpc) is 2.79. The van der Waals surface area contributed by atoms with E-state index >= 15 is 0 Å². The zero-order valence-corrected chi connectivity index (χ0v) is 18.0. The standard InChI is InChI=1S/C26H26N4O/c1-17-14-20(19-9-5-4-6-10-19)12-13-22(17)23-24(31)30(3)25(28)29-26(23,2)21-11-7-8-18(15-21)16-27/h4-15,17,22-23H,1-3H3,(H2,28,29)/t17?,22?,23-,26-/m1/s1. The molecule has 2 unspecified atom stereocenters. The lowest BCUT2D eigenvalue weighted by Crippen LogP contribution is -2.56. The van der Waals surface area contributed by atoms with Crippen LogP contribution in [0.4, 0.5) is 0 Å². The van der Waals surface area contributed by atoms with E-state index in [1.165, 1.54) is 4.90 Å². The lowest BCUT2D eigenvalue weighted by Gasteiger charge is -2.45. The maximum absolute atomic E-state index is 13.5. The Morgan fingerprint density at radius 3 is 2.58 bits per heavy atom. The van der Waals surface area contributed by atoms with E-state index in [9.17, 15) is 10.1 Å². The van der Waals surface area contributed by atoms with Gasteiger partial charge in [0.15, 0.2) is 5.96 Å². The summed E-state index contributed by atoms with van der Waals surface area (Å²) < 4.78 is 0. The number of carbonyl (C=O) groups is 1. The predicted molar refractivity (Wildman–Crippen MR) is 123 cm³/mol. The number of guanidine groups is 1. The van der Waals surface area contributed by atoms with Crippen LogP contribution in [0.3, 0.4) is 0 Å². The average molecular weight is 411 g/mol. The number of allylic oxidation sites excluding steroid dienone is 4. The molecule has 4 atom stereocenters. The Morgan fingerprint density at radius 1 is 1.16 bits per heavy atom. The van der Waals surface area contributed by atoms with Crippen molar-refractivity contribution in [2.75, 3.05) is 7.05 Å². The van der Waals surface area contributed by atoms with Crippen molar-refractivity contribution in [3.05, 3.63) is 89.5 Å². The highest BCUT2D eigenvalue weighted by Gasteiger charge is 2.50. The molecule has 0 saturated carbocycles. The molecule has 156 valence electrons. The van der Waals surface area contributed by atoms with E-state index in [4.69, 9.17) is 10.7 Å². The first-order valence-corrected chi connectivity index (χ1v) is 10.4. The molecule has 0 bridgehead atoms. The number of nitrogens with two attached hydrogens (primary N) is 1. The highest BCUT2D eigenvalue weighted by atomic mass is 16.2. The molecule has 1 aliphatic heterocycles. The van der Waals surface area contributed by atoms with Crippen LogP contribution in [0.25, 0.3) is 5.57 Å². The molecule has 0 fully saturated rings. The van der Waals surface area contributed by atoms with Gasteiger partial charge < -0.3 is 5.73 Å². The molecular weight excluding hydrogens is 384 g/mol. The van der Waals surface area contributed by atoms with Gasteiger partial charge in [-0.05, 0) is 47.6 Å². The summed E-state index contributed by atoms with van der Waals surface area (Å²) in [6, 6.07) is 19.7. The molecule has 5 nitrogen and oxygen atoms in total. The lowest BCUT2D eigenvalue weighted by molar-refractivity contribution is -0.136. The van der Waals surface area contributed by atoms with Crippen molar-refractivity contribution < 1.29 is 4.79 Å². The summed E-state index contributed by atoms with van der Waals surface area (Å²) in [4.78, 5) is 19.8. The molecule has 0 radical (unpaired) electrons. The summed E-state index contributed by atoms with van der Waals surface area (Å²) in [5.41, 5.74) is 8.93. The van der Waals surface area contributed by atoms with E-state index < -0.39 is 11.5 Å². The second-order valence-corrected chi connectivity index (χ2v) is 8.47. The first-order chi connectivity index (χ1) is 14.8. The van der Waals surface area contributed by atoms with Crippen LogP contribution in [0.5, 0.6) is 0 Å². The zero-order chi connectivity index (χ0) is 22.2. The Kier molecular flexibility index (Phi) is 5.24. The summed E-state index contributed by atoms with van der Waals surface area (Å²) in [7, 11) is 1.67. The van der Waals surface area contributed by atoms with Gasteiger partial charge in [0.25, 0.3) is 0 Å². The van der Waals surface area contributed by atoms with Gasteiger partial charge in [-0.15, -0.1) is 0 Å². The van der Waals surface area contributed by atoms with Crippen LogP contribution in [0.15, 0.2) is 77.8 Å². The Labute approximate surface area is 183 Å². The molecule has 0 aromatic heterocycles. The van der Waals surface area contributed by atoms with Gasteiger partial charge in [0.05, 0.1) is 23.1 Å². The molecule has 1 amide bonds. The highest BCUT2D eigenvalue weighted by molar-refractivity contribution is 6.00. The molecule has 2 aliphatic rings. The van der Waals surface area contributed by atoms with Gasteiger partial charge in [0, 0.05) is 7.05 Å². The van der Waals surface area contributed by atoms with Crippen LogP contribution in [-0.2, 0) is 10.3 Å². The summed E-state index contributed by atoms with van der Waals surface area (Å²) in [6.07, 6.45) is 6.45. The number of aliphatic imine (C=N–C) groups is 1. The number of hydrogen-bond donors (Lipinski definition) is 1. The predicted octanol–water partition coefficient (Wildman–Crippen LogP) is 4.08. The quantitative estimate of drug-likeness (QED) is 0.828. The van der Waals surface area contributed by atoms with Crippen LogP contribution in [0.1, 0.15) is 30.5 Å². The molecule has 0 saturated heterocycles. The van der Waals surface area contributed by atoms with Crippen LogP contribution in [-0.4, -0.2) is 23.8 Å². The number of amides is 1. The molecular formula is C26H26N4O. The van der Waals surface area contributed by atoms with E-state index in [0.29, 0.717) is 5.56 Å². The zero-order valence-electron chi connectivity index (χ0n) is 18.0. The largest absolute Gasteiger partial charge is 0.369 e. The molecule has 2 N–H and O–H groups in total. The van der Waals surface area contributed by atoms with E-state index in [-0.39, 0.29) is 23.7 Å². The molecule has 31 heavy (non-hydrogen) atoms. The van der Waals surface area contributed by atoms with Crippen molar-refractivity contribution in [2.45, 2.75) is 19.4 Å². The van der Waals surface area contributed by atoms with Crippen molar-refractivity contribution in [3.8, 4) is 6.07 Å². The SMILES string of the molecule is CC1C=C(c2ccccc2)C=CC1[C@@H]1C(=O)N(C)C(N)=N[C@]1(C)c1cccc(C#N)c1. The lowest BCUT2D eigenvalue weighted by atomic mass is 9.66. The Hall–Kier alpha value is -3.65. The third-order valence-corrected chi connectivity index (χ3v) is 6.51. The van der Waals surface area contributed by atoms with Gasteiger partial charge in [0.2, 0.25) is 5.91 Å². The summed E-state index contributed by atoms with van der Waals surface area (Å²) >= 11 is 0. The first kappa shape index (κ1) is 20.6. The number of carbonyl (C=O) groups excluding carboxylic acids is 1. The molecule has 4 rings (SSSR count). The normalized spacial score (nSPS) is 28.0. The van der Waals surface area contributed by atoms with Gasteiger partial charge >= 0.3 is 0 Å². The number of nitrogens with zero attached hydrogens (tertiary/aromatic N) is 3. The summed E-state index contributed by atoms with van der Waals surface area (Å²) in [6.45, 7) is 4.08. The number of nitriles is 1. The third-order valence-electron chi connectivity index (χ3n) is 6.51. The number of hydrogen-bond acceptors (Lipinski definition) is 4. The molecule has 1 aliphatic carbocycles. The minimum Gasteiger partial charge on any atom is -0.369 e. The monoisotopic (exact) mass is 410 g/mol. The van der Waals surface area contributed by atoms with Crippen LogP contribution >= 0.6 is 0 Å². The van der Waals surface area contributed by atoms with E-state index in [1.807, 2.05) is 43.3 Å². The van der Waals surface area contributed by atoms with Crippen molar-refractivity contribution in [1.82, 2.24) is 4.90 Å². The molecule has 0 spiro atoms. The Balaban J connectivity index is 1.78. The van der Waals surface area contributed by atoms with Gasteiger partial charge in [-0.3, -0.25) is 9.69 Å². The van der Waals surface area contributed by atoms with Crippen molar-refractivity contribution in [1.29, 1.82) is 5.26 Å².